The molecule has 0 N–H and O–H groups in total. The quantitative estimate of drug-likeness (QED) is 0.734. The van der Waals surface area contributed by atoms with Gasteiger partial charge < -0.3 is 9.15 Å². The van der Waals surface area contributed by atoms with Crippen LogP contribution in [0.2, 0.25) is 0 Å². The Labute approximate surface area is 80.1 Å². The number of hydrogen-bond acceptors (Lipinski definition) is 3. The van der Waals surface area contributed by atoms with E-state index in [1.807, 2.05) is 0 Å². The number of benzene rings is 1. The van der Waals surface area contributed by atoms with Gasteiger partial charge >= 0.3 is 0 Å². The van der Waals surface area contributed by atoms with Crippen LogP contribution in [0.3, 0.4) is 0 Å². The van der Waals surface area contributed by atoms with Gasteiger partial charge in [-0.1, -0.05) is 0 Å². The number of rotatable bonds is 2. The van der Waals surface area contributed by atoms with Crippen molar-refractivity contribution < 1.29 is 13.5 Å². The van der Waals surface area contributed by atoms with E-state index < -0.39 is 5.82 Å². The Morgan fingerprint density at radius 2 is 2.29 bits per heavy atom. The first kappa shape index (κ1) is 8.74. The summed E-state index contributed by atoms with van der Waals surface area (Å²) >= 11 is 0. The molecule has 3 nitrogen and oxygen atoms in total. The maximum Gasteiger partial charge on any atom is 0.181 e. The van der Waals surface area contributed by atoms with Gasteiger partial charge in [0.1, 0.15) is 0 Å². The molecule has 0 aliphatic heterocycles. The second kappa shape index (κ2) is 3.49. The summed E-state index contributed by atoms with van der Waals surface area (Å²) in [6.07, 6.45) is 2.89. The Morgan fingerprint density at radius 1 is 1.43 bits per heavy atom. The predicted octanol–water partition coefficient (Wildman–Crippen LogP) is 2.49. The highest BCUT2D eigenvalue weighted by Gasteiger charge is 2.06. The van der Waals surface area contributed by atoms with Crippen molar-refractivity contribution in [1.29, 1.82) is 0 Å². The fourth-order valence-electron chi connectivity index (χ4n) is 1.17. The fourth-order valence-corrected chi connectivity index (χ4v) is 1.17. The third-order valence-electron chi connectivity index (χ3n) is 1.87. The zero-order chi connectivity index (χ0) is 9.97. The average Bonchev–Trinajstić information content (AvgIpc) is 2.71. The van der Waals surface area contributed by atoms with Crippen molar-refractivity contribution in [3.05, 3.63) is 36.6 Å². The summed E-state index contributed by atoms with van der Waals surface area (Å²) in [4.78, 5) is 3.78. The molecule has 2 rings (SSSR count). The lowest BCUT2D eigenvalue weighted by Gasteiger charge is -2.02. The lowest BCUT2D eigenvalue weighted by atomic mass is 10.2. The highest BCUT2D eigenvalue weighted by molar-refractivity contribution is 5.58. The molecule has 0 amide bonds. The number of ether oxygens (including phenoxy) is 1. The first-order chi connectivity index (χ1) is 6.81. The Morgan fingerprint density at radius 3 is 2.93 bits per heavy atom. The van der Waals surface area contributed by atoms with E-state index in [4.69, 9.17) is 9.15 Å². The molecule has 1 aromatic carbocycles. The zero-order valence-electron chi connectivity index (χ0n) is 7.53. The molecule has 0 saturated carbocycles. The minimum Gasteiger partial charge on any atom is -0.494 e. The van der Waals surface area contributed by atoms with E-state index in [1.54, 1.807) is 18.3 Å². The second-order valence-electron chi connectivity index (χ2n) is 2.72. The van der Waals surface area contributed by atoms with Gasteiger partial charge in [-0.05, 0) is 18.2 Å². The summed E-state index contributed by atoms with van der Waals surface area (Å²) < 4.78 is 23.0. The Kier molecular flexibility index (Phi) is 2.18. The van der Waals surface area contributed by atoms with Crippen molar-refractivity contribution >= 4 is 0 Å². The average molecular weight is 193 g/mol. The molecule has 0 aliphatic carbocycles. The standard InChI is InChI=1S/C10H8FNO2/c1-13-9-4-7(2-3-8(9)11)10-5-12-6-14-10/h2-6H,1H3. The molecule has 0 spiro atoms. The van der Waals surface area contributed by atoms with Crippen LogP contribution in [0.4, 0.5) is 4.39 Å². The Bertz CT molecular complexity index is 426. The molecule has 0 atom stereocenters. The van der Waals surface area contributed by atoms with E-state index in [2.05, 4.69) is 4.98 Å². The van der Waals surface area contributed by atoms with Gasteiger partial charge in [0, 0.05) is 5.56 Å². The van der Waals surface area contributed by atoms with Crippen LogP contribution >= 0.6 is 0 Å². The third-order valence-corrected chi connectivity index (χ3v) is 1.87. The molecule has 0 saturated heterocycles. The Hall–Kier alpha value is -1.84. The summed E-state index contributed by atoms with van der Waals surface area (Å²) in [6, 6.07) is 4.50. The maximum atomic E-state index is 13.0. The predicted molar refractivity (Wildman–Crippen MR) is 48.4 cm³/mol. The molecule has 1 heterocycles. The number of hydrogen-bond donors (Lipinski definition) is 0. The van der Waals surface area contributed by atoms with E-state index >= 15 is 0 Å². The summed E-state index contributed by atoms with van der Waals surface area (Å²) in [5.41, 5.74) is 0.737. The van der Waals surface area contributed by atoms with E-state index in [-0.39, 0.29) is 5.75 Å². The van der Waals surface area contributed by atoms with Crippen LogP contribution in [0, 0.1) is 5.82 Å². The van der Waals surface area contributed by atoms with Gasteiger partial charge in [-0.25, -0.2) is 9.37 Å². The molecule has 2 aromatic rings. The smallest absolute Gasteiger partial charge is 0.181 e. The molecular formula is C10H8FNO2. The largest absolute Gasteiger partial charge is 0.494 e. The van der Waals surface area contributed by atoms with Crippen LogP contribution in [0.1, 0.15) is 0 Å². The highest BCUT2D eigenvalue weighted by Crippen LogP contribution is 2.25. The van der Waals surface area contributed by atoms with Crippen LogP contribution in [0.15, 0.2) is 35.2 Å². The van der Waals surface area contributed by atoms with Crippen molar-refractivity contribution in [3.63, 3.8) is 0 Å². The SMILES string of the molecule is COc1cc(-c2cnco2)ccc1F. The van der Waals surface area contributed by atoms with Gasteiger partial charge in [0.25, 0.3) is 0 Å². The van der Waals surface area contributed by atoms with Crippen molar-refractivity contribution in [3.8, 4) is 17.1 Å². The minimum absolute atomic E-state index is 0.193. The van der Waals surface area contributed by atoms with Crippen LogP contribution < -0.4 is 4.74 Å². The molecule has 4 heteroatoms. The van der Waals surface area contributed by atoms with Crippen molar-refractivity contribution in [2.75, 3.05) is 7.11 Å². The van der Waals surface area contributed by atoms with Gasteiger partial charge in [0.2, 0.25) is 0 Å². The van der Waals surface area contributed by atoms with Crippen molar-refractivity contribution in [1.82, 2.24) is 4.98 Å². The summed E-state index contributed by atoms with van der Waals surface area (Å²) in [6.45, 7) is 0. The second-order valence-corrected chi connectivity index (χ2v) is 2.72. The van der Waals surface area contributed by atoms with Gasteiger partial charge in [-0.15, -0.1) is 0 Å². The number of methoxy groups -OCH3 is 1. The van der Waals surface area contributed by atoms with Gasteiger partial charge in [-0.2, -0.15) is 0 Å². The number of halogens is 1. The van der Waals surface area contributed by atoms with Crippen molar-refractivity contribution in [2.45, 2.75) is 0 Å². The lowest BCUT2D eigenvalue weighted by Crippen LogP contribution is -1.88. The van der Waals surface area contributed by atoms with Gasteiger partial charge in [0.15, 0.2) is 23.7 Å². The number of oxazole rings is 1. The maximum absolute atomic E-state index is 13.0. The molecule has 0 aliphatic rings. The third kappa shape index (κ3) is 1.46. The summed E-state index contributed by atoms with van der Waals surface area (Å²) in [7, 11) is 1.42. The van der Waals surface area contributed by atoms with E-state index in [0.717, 1.165) is 5.56 Å². The molecular weight excluding hydrogens is 185 g/mol. The number of aromatic nitrogens is 1. The number of nitrogens with zero attached hydrogens (tertiary/aromatic N) is 1. The fraction of sp³-hybridized carbons (Fsp3) is 0.100. The zero-order valence-corrected chi connectivity index (χ0v) is 7.53. The van der Waals surface area contributed by atoms with Crippen molar-refractivity contribution in [2.24, 2.45) is 0 Å². The first-order valence-corrected chi connectivity index (χ1v) is 4.03. The molecule has 1 aromatic heterocycles. The van der Waals surface area contributed by atoms with Crippen LogP contribution in [-0.4, -0.2) is 12.1 Å². The van der Waals surface area contributed by atoms with Crippen LogP contribution in [-0.2, 0) is 0 Å². The lowest BCUT2D eigenvalue weighted by molar-refractivity contribution is 0.386. The van der Waals surface area contributed by atoms with Gasteiger partial charge in [0.05, 0.1) is 13.3 Å². The topological polar surface area (TPSA) is 35.3 Å². The van der Waals surface area contributed by atoms with E-state index in [1.165, 1.54) is 19.6 Å². The highest BCUT2D eigenvalue weighted by atomic mass is 19.1. The Balaban J connectivity index is 2.46. The monoisotopic (exact) mass is 193 g/mol. The molecule has 14 heavy (non-hydrogen) atoms. The summed E-state index contributed by atoms with van der Waals surface area (Å²) in [5.74, 6) is 0.387. The molecule has 0 radical (unpaired) electrons. The normalized spacial score (nSPS) is 10.1. The van der Waals surface area contributed by atoms with E-state index in [9.17, 15) is 4.39 Å². The van der Waals surface area contributed by atoms with Crippen LogP contribution in [0.25, 0.3) is 11.3 Å². The summed E-state index contributed by atoms with van der Waals surface area (Å²) in [5, 5.41) is 0. The van der Waals surface area contributed by atoms with Gasteiger partial charge in [-0.3, -0.25) is 0 Å². The molecule has 0 bridgehead atoms. The molecule has 0 fully saturated rings. The van der Waals surface area contributed by atoms with E-state index in [0.29, 0.717) is 5.76 Å². The molecule has 72 valence electrons. The minimum atomic E-state index is -0.393. The first-order valence-electron chi connectivity index (χ1n) is 4.03. The molecule has 0 unspecified atom stereocenters. The van der Waals surface area contributed by atoms with Crippen LogP contribution in [0.5, 0.6) is 5.75 Å².